The van der Waals surface area contributed by atoms with Crippen LogP contribution in [-0.2, 0) is 29.4 Å². The van der Waals surface area contributed by atoms with E-state index in [2.05, 4.69) is 10.4 Å². The monoisotopic (exact) mass is 525 g/mol. The van der Waals surface area contributed by atoms with E-state index in [1.165, 1.54) is 29.1 Å². The van der Waals surface area contributed by atoms with Gasteiger partial charge in [0.05, 0.1) is 12.2 Å². The Balaban J connectivity index is 1.60. The van der Waals surface area contributed by atoms with Gasteiger partial charge in [-0.1, -0.05) is 24.2 Å². The van der Waals surface area contributed by atoms with Crippen molar-refractivity contribution in [1.82, 2.24) is 19.1 Å². The first-order valence-corrected chi connectivity index (χ1v) is 13.3. The number of nitrogens with zero attached hydrogens (tertiary/aromatic N) is 3. The summed E-state index contributed by atoms with van der Waals surface area (Å²) < 4.78 is 30.5. The molecule has 4 N–H and O–H groups in total. The predicted octanol–water partition coefficient (Wildman–Crippen LogP) is 1.86. The molecule has 0 saturated heterocycles. The Morgan fingerprint density at radius 1 is 1.19 bits per heavy atom. The molecule has 1 aromatic carbocycles. The van der Waals surface area contributed by atoms with E-state index in [0.717, 1.165) is 41.9 Å². The van der Waals surface area contributed by atoms with Gasteiger partial charge in [0.25, 0.3) is 15.6 Å². The maximum Gasteiger partial charge on any atom is 0.480 e. The van der Waals surface area contributed by atoms with Crippen molar-refractivity contribution in [3.05, 3.63) is 76.3 Å². The molecule has 0 aliphatic heterocycles. The molecule has 0 saturated carbocycles. The summed E-state index contributed by atoms with van der Waals surface area (Å²) in [6.45, 7) is 3.91. The molecular formula is C24H28BN5O6S. The van der Waals surface area contributed by atoms with Crippen LogP contribution >= 0.6 is 0 Å². The highest BCUT2D eigenvalue weighted by Crippen LogP contribution is 2.37. The van der Waals surface area contributed by atoms with Gasteiger partial charge in [-0.15, -0.1) is 0 Å². The second-order valence-electron chi connectivity index (χ2n) is 9.01. The molecular weight excluding hydrogens is 497 g/mol. The molecule has 2 heterocycles. The molecule has 2 aromatic heterocycles. The first-order chi connectivity index (χ1) is 17.5. The summed E-state index contributed by atoms with van der Waals surface area (Å²) in [5.41, 5.74) is 3.80. The second kappa shape index (κ2) is 10.7. The summed E-state index contributed by atoms with van der Waals surface area (Å²) in [5.74, 6) is 1.12. The van der Waals surface area contributed by atoms with Gasteiger partial charge in [0.1, 0.15) is 0 Å². The van der Waals surface area contributed by atoms with Crippen LogP contribution in [0, 0.1) is 0 Å². The van der Waals surface area contributed by atoms with Crippen molar-refractivity contribution in [3.63, 3.8) is 0 Å². The Morgan fingerprint density at radius 3 is 2.70 bits per heavy atom. The Labute approximate surface area is 214 Å². The van der Waals surface area contributed by atoms with Crippen LogP contribution in [0.3, 0.4) is 0 Å². The maximum absolute atomic E-state index is 12.9. The minimum atomic E-state index is -4.28. The number of carbonyl (C=O) groups is 1. The fraction of sp³-hybridized carbons (Fsp3) is 0.292. The average molecular weight is 525 g/mol. The fourth-order valence-electron chi connectivity index (χ4n) is 4.31. The lowest BCUT2D eigenvalue weighted by Gasteiger charge is -2.18. The van der Waals surface area contributed by atoms with Gasteiger partial charge in [0.15, 0.2) is 5.03 Å². The number of rotatable bonds is 8. The molecule has 13 heteroatoms. The smallest absolute Gasteiger partial charge is 0.424 e. The second-order valence-corrected chi connectivity index (χ2v) is 10.6. The zero-order valence-corrected chi connectivity index (χ0v) is 21.3. The number of pyridine rings is 1. The molecule has 11 nitrogen and oxygen atoms in total. The molecule has 194 valence electrons. The molecule has 0 unspecified atom stereocenters. The van der Waals surface area contributed by atoms with Crippen LogP contribution in [0.5, 0.6) is 0 Å². The zero-order valence-electron chi connectivity index (χ0n) is 20.5. The van der Waals surface area contributed by atoms with E-state index >= 15 is 0 Å². The molecule has 2 amide bonds. The van der Waals surface area contributed by atoms with Crippen molar-refractivity contribution in [1.29, 1.82) is 0 Å². The molecule has 1 aliphatic carbocycles. The number of hydrogen-bond acceptors (Lipinski definition) is 7. The summed E-state index contributed by atoms with van der Waals surface area (Å²) in [6.07, 6.45) is 7.05. The summed E-state index contributed by atoms with van der Waals surface area (Å²) >= 11 is 0. The van der Waals surface area contributed by atoms with Crippen LogP contribution in [0.2, 0.25) is 0 Å². The quantitative estimate of drug-likeness (QED) is 0.327. The lowest BCUT2D eigenvalue weighted by Crippen LogP contribution is -2.35. The van der Waals surface area contributed by atoms with Gasteiger partial charge < -0.3 is 19.9 Å². The third-order valence-corrected chi connectivity index (χ3v) is 7.27. The highest BCUT2D eigenvalue weighted by atomic mass is 32.2. The maximum atomic E-state index is 12.9. The van der Waals surface area contributed by atoms with Gasteiger partial charge in [-0.05, 0) is 56.4 Å². The minimum Gasteiger partial charge on any atom is -0.424 e. The highest BCUT2D eigenvalue weighted by molar-refractivity contribution is 7.90. The van der Waals surface area contributed by atoms with Crippen molar-refractivity contribution < 1.29 is 23.3 Å². The number of benzene rings is 1. The largest absolute Gasteiger partial charge is 0.480 e. The lowest BCUT2D eigenvalue weighted by molar-refractivity contribution is 0.256. The molecule has 0 atom stereocenters. The fourth-order valence-corrected chi connectivity index (χ4v) is 5.16. The summed E-state index contributed by atoms with van der Waals surface area (Å²) in [6, 6.07) is 7.28. The van der Waals surface area contributed by atoms with E-state index < -0.39 is 23.2 Å². The minimum absolute atomic E-state index is 0.0595. The van der Waals surface area contributed by atoms with Gasteiger partial charge in [0.2, 0.25) is 0 Å². The van der Waals surface area contributed by atoms with Crippen LogP contribution in [-0.4, -0.2) is 46.0 Å². The molecule has 3 aromatic rings. The standard InChI is InChI=1S/C24H28BN5O6S/c1-16(2)30-15-18(8-10-22(30)31)20-9-7-17-5-3-6-19(17)23(20)26-24(32)28-37(35,36)21-11-14-29(27-21)13-4-12-25(33)34/h4,7-12,14-16,33-34H,3,5-6,13H2,1-2H3,(H2,26,28,32)/b12-4+. The number of aromatic nitrogens is 3. The summed E-state index contributed by atoms with van der Waals surface area (Å²) in [4.78, 5) is 25.2. The predicted molar refractivity (Wildman–Crippen MR) is 139 cm³/mol. The molecule has 4 rings (SSSR count). The van der Waals surface area contributed by atoms with Gasteiger partial charge in [-0.25, -0.2) is 9.52 Å². The highest BCUT2D eigenvalue weighted by Gasteiger charge is 2.24. The first-order valence-electron chi connectivity index (χ1n) is 11.8. The Bertz CT molecular complexity index is 1510. The van der Waals surface area contributed by atoms with Gasteiger partial charge in [-0.2, -0.15) is 13.5 Å². The van der Waals surface area contributed by atoms with E-state index in [1.54, 1.807) is 16.8 Å². The van der Waals surface area contributed by atoms with Gasteiger partial charge in [0, 0.05) is 35.6 Å². The van der Waals surface area contributed by atoms with E-state index in [-0.39, 0.29) is 23.2 Å². The number of urea groups is 1. The summed E-state index contributed by atoms with van der Waals surface area (Å²) in [5, 5.41) is 24.0. The number of sulfonamides is 1. The molecule has 0 bridgehead atoms. The van der Waals surface area contributed by atoms with Crippen molar-refractivity contribution >= 4 is 28.9 Å². The van der Waals surface area contributed by atoms with Crippen LogP contribution in [0.25, 0.3) is 11.1 Å². The molecule has 0 spiro atoms. The molecule has 1 aliphatic rings. The van der Waals surface area contributed by atoms with Gasteiger partial charge in [-0.3, -0.25) is 9.48 Å². The van der Waals surface area contributed by atoms with E-state index in [9.17, 15) is 18.0 Å². The number of nitrogens with one attached hydrogen (secondary N) is 2. The third-order valence-electron chi connectivity index (χ3n) is 6.05. The number of hydrogen-bond donors (Lipinski definition) is 4. The molecule has 0 radical (unpaired) electrons. The van der Waals surface area contributed by atoms with E-state index in [1.807, 2.05) is 30.7 Å². The number of allylic oxidation sites excluding steroid dienone is 1. The van der Waals surface area contributed by atoms with Crippen molar-refractivity contribution in [2.45, 2.75) is 50.7 Å². The van der Waals surface area contributed by atoms with Crippen molar-refractivity contribution in [3.8, 4) is 11.1 Å². The zero-order chi connectivity index (χ0) is 26.7. The Hall–Kier alpha value is -3.68. The first kappa shape index (κ1) is 26.4. The normalized spacial score (nSPS) is 13.2. The Morgan fingerprint density at radius 2 is 1.97 bits per heavy atom. The average Bonchev–Trinajstić information content (AvgIpc) is 3.49. The third kappa shape index (κ3) is 6.01. The van der Waals surface area contributed by atoms with Crippen molar-refractivity contribution in [2.24, 2.45) is 0 Å². The van der Waals surface area contributed by atoms with Crippen LogP contribution in [0.4, 0.5) is 10.5 Å². The number of amides is 2. The topological polar surface area (TPSA) is 156 Å². The molecule has 0 fully saturated rings. The van der Waals surface area contributed by atoms with E-state index in [4.69, 9.17) is 10.0 Å². The Kier molecular flexibility index (Phi) is 7.67. The SMILES string of the molecule is CC(C)n1cc(-c2ccc3c(c2NC(=O)NS(=O)(=O)c2ccn(C/C=C/B(O)O)n2)CCC3)ccc1=O. The van der Waals surface area contributed by atoms with Crippen LogP contribution < -0.4 is 15.6 Å². The van der Waals surface area contributed by atoms with Gasteiger partial charge >= 0.3 is 13.1 Å². The van der Waals surface area contributed by atoms with E-state index in [0.29, 0.717) is 11.3 Å². The van der Waals surface area contributed by atoms with Crippen LogP contribution in [0.1, 0.15) is 37.4 Å². The summed E-state index contributed by atoms with van der Waals surface area (Å²) in [7, 11) is -5.90. The molecule has 37 heavy (non-hydrogen) atoms. The van der Waals surface area contributed by atoms with Crippen molar-refractivity contribution in [2.75, 3.05) is 5.32 Å². The number of carbonyl (C=O) groups excluding carboxylic acids is 1. The van der Waals surface area contributed by atoms with Crippen LogP contribution in [0.15, 0.2) is 64.6 Å². The number of anilines is 1. The number of fused-ring (bicyclic) bond motifs is 1. The number of aryl methyl sites for hydroxylation is 1. The lowest BCUT2D eigenvalue weighted by atomic mass is 9.92.